The van der Waals surface area contributed by atoms with Crippen LogP contribution in [-0.4, -0.2) is 87.1 Å². The maximum absolute atomic E-state index is 12.9. The normalized spacial score (nSPS) is 18.3. The third-order valence-electron chi connectivity index (χ3n) is 4.94. The molecule has 180 valence electrons. The molecule has 1 heterocycles. The highest BCUT2D eigenvalue weighted by Gasteiger charge is 2.38. The summed E-state index contributed by atoms with van der Waals surface area (Å²) in [5.41, 5.74) is 10.8. The molecule has 0 aromatic heterocycles. The van der Waals surface area contributed by atoms with Gasteiger partial charge in [0.05, 0.1) is 6.04 Å². The van der Waals surface area contributed by atoms with E-state index in [2.05, 4.69) is 23.3 Å². The first-order chi connectivity index (χ1) is 15.0. The van der Waals surface area contributed by atoms with Crippen LogP contribution in [0.1, 0.15) is 38.5 Å². The molecule has 1 rings (SSSR count). The van der Waals surface area contributed by atoms with Crippen LogP contribution in [0.2, 0.25) is 0 Å². The van der Waals surface area contributed by atoms with E-state index in [1.807, 2.05) is 0 Å². The molecule has 14 heteroatoms. The average molecular weight is 476 g/mol. The Morgan fingerprint density at radius 3 is 2.16 bits per heavy atom. The zero-order valence-corrected chi connectivity index (χ0v) is 18.3. The number of aliphatic carboxylic acids is 2. The lowest BCUT2D eigenvalue weighted by molar-refractivity contribution is -0.149. The minimum absolute atomic E-state index is 0.145. The zero-order valence-electron chi connectivity index (χ0n) is 17.4. The number of nitrogens with one attached hydrogen (secondary N) is 2. The summed E-state index contributed by atoms with van der Waals surface area (Å²) in [4.78, 5) is 72.1. The van der Waals surface area contributed by atoms with Crippen molar-refractivity contribution in [1.82, 2.24) is 15.5 Å². The number of thiol groups is 1. The molecule has 1 fully saturated rings. The van der Waals surface area contributed by atoms with Crippen molar-refractivity contribution in [2.24, 2.45) is 11.5 Å². The van der Waals surface area contributed by atoms with Crippen molar-refractivity contribution in [3.63, 3.8) is 0 Å². The first-order valence-corrected chi connectivity index (χ1v) is 10.6. The summed E-state index contributed by atoms with van der Waals surface area (Å²) >= 11 is 4.01. The number of amides is 4. The molecular weight excluding hydrogens is 446 g/mol. The van der Waals surface area contributed by atoms with Crippen LogP contribution in [-0.2, 0) is 28.8 Å². The fraction of sp³-hybridized carbons (Fsp3) is 0.667. The molecule has 0 aromatic rings. The van der Waals surface area contributed by atoms with Gasteiger partial charge in [-0.1, -0.05) is 0 Å². The Morgan fingerprint density at radius 2 is 1.62 bits per heavy atom. The molecule has 4 atom stereocenters. The van der Waals surface area contributed by atoms with Gasteiger partial charge in [0.15, 0.2) is 0 Å². The smallest absolute Gasteiger partial charge is 0.326 e. The van der Waals surface area contributed by atoms with Gasteiger partial charge in [-0.3, -0.25) is 24.0 Å². The molecule has 0 radical (unpaired) electrons. The highest BCUT2D eigenvalue weighted by Crippen LogP contribution is 2.19. The van der Waals surface area contributed by atoms with E-state index >= 15 is 0 Å². The minimum atomic E-state index is -1.24. The van der Waals surface area contributed by atoms with Crippen LogP contribution >= 0.6 is 12.6 Å². The molecular formula is C18H29N5O8S. The van der Waals surface area contributed by atoms with Gasteiger partial charge in [-0.25, -0.2) is 4.79 Å². The second-order valence-electron chi connectivity index (χ2n) is 7.38. The summed E-state index contributed by atoms with van der Waals surface area (Å²) in [6.45, 7) is 0.184. The molecule has 0 aromatic carbocycles. The Bertz CT molecular complexity index is 749. The number of carboxylic acid groups (broad SMARTS) is 2. The maximum atomic E-state index is 12.9. The van der Waals surface area contributed by atoms with Crippen LogP contribution in [0.3, 0.4) is 0 Å². The van der Waals surface area contributed by atoms with Crippen LogP contribution in [0.15, 0.2) is 0 Å². The van der Waals surface area contributed by atoms with Crippen molar-refractivity contribution in [2.45, 2.75) is 62.7 Å². The number of hydrogen-bond acceptors (Lipinski definition) is 8. The highest BCUT2D eigenvalue weighted by molar-refractivity contribution is 7.80. The number of carbonyl (C=O) groups is 6. The van der Waals surface area contributed by atoms with Gasteiger partial charge in [0, 0.05) is 25.1 Å². The van der Waals surface area contributed by atoms with E-state index in [1.54, 1.807) is 0 Å². The lowest BCUT2D eigenvalue weighted by Crippen LogP contribution is -2.57. The first kappa shape index (κ1) is 27.2. The fourth-order valence-electron chi connectivity index (χ4n) is 3.19. The Kier molecular flexibility index (Phi) is 10.9. The zero-order chi connectivity index (χ0) is 24.4. The number of nitrogens with zero attached hydrogens (tertiary/aromatic N) is 1. The van der Waals surface area contributed by atoms with Crippen molar-refractivity contribution >= 4 is 48.2 Å². The predicted molar refractivity (Wildman–Crippen MR) is 113 cm³/mol. The SMILES string of the molecule is NC(=O)CCC(NC(=O)C(CS)NC(=O)C(N)CCC(=O)O)C(=O)N1CCCC1C(=O)O. The predicted octanol–water partition coefficient (Wildman–Crippen LogP) is -2.58. The lowest BCUT2D eigenvalue weighted by Gasteiger charge is -2.28. The van der Waals surface area contributed by atoms with Crippen molar-refractivity contribution in [1.29, 1.82) is 0 Å². The quantitative estimate of drug-likeness (QED) is 0.139. The first-order valence-electron chi connectivity index (χ1n) is 9.98. The number of nitrogens with two attached hydrogens (primary N) is 2. The molecule has 32 heavy (non-hydrogen) atoms. The molecule has 0 saturated carbocycles. The van der Waals surface area contributed by atoms with E-state index < -0.39 is 59.7 Å². The summed E-state index contributed by atoms with van der Waals surface area (Å²) in [5.74, 6) is -5.43. The molecule has 1 aliphatic rings. The highest BCUT2D eigenvalue weighted by atomic mass is 32.1. The summed E-state index contributed by atoms with van der Waals surface area (Å²) in [6, 6.07) is -4.66. The molecule has 0 aliphatic carbocycles. The van der Waals surface area contributed by atoms with Gasteiger partial charge in [-0.15, -0.1) is 0 Å². The standard InChI is InChI=1S/C18H29N5O8S/c19-9(3-6-14(25)26)15(27)22-11(8-32)16(28)21-10(4-5-13(20)24)17(29)23-7-1-2-12(23)18(30)31/h9-12,32H,1-8,19H2,(H2,20,24)(H,21,28)(H,22,27)(H,25,26)(H,30,31). The van der Waals surface area contributed by atoms with Crippen molar-refractivity contribution in [3.8, 4) is 0 Å². The fourth-order valence-corrected chi connectivity index (χ4v) is 3.44. The number of rotatable bonds is 13. The van der Waals surface area contributed by atoms with Gasteiger partial charge in [0.2, 0.25) is 23.6 Å². The van der Waals surface area contributed by atoms with Crippen molar-refractivity contribution in [3.05, 3.63) is 0 Å². The molecule has 8 N–H and O–H groups in total. The van der Waals surface area contributed by atoms with Crippen LogP contribution in [0.25, 0.3) is 0 Å². The topological polar surface area (TPSA) is 222 Å². The van der Waals surface area contributed by atoms with Crippen molar-refractivity contribution < 1.29 is 39.0 Å². The molecule has 13 nitrogen and oxygen atoms in total. The number of carboxylic acids is 2. The van der Waals surface area contributed by atoms with Crippen molar-refractivity contribution in [2.75, 3.05) is 12.3 Å². The third kappa shape index (κ3) is 8.34. The Balaban J connectivity index is 2.87. The molecule has 4 unspecified atom stereocenters. The van der Waals surface area contributed by atoms with Gasteiger partial charge in [-0.05, 0) is 25.7 Å². The number of likely N-dealkylation sites (tertiary alicyclic amines) is 1. The van der Waals surface area contributed by atoms with E-state index in [4.69, 9.17) is 16.6 Å². The van der Waals surface area contributed by atoms with Gasteiger partial charge in [0.25, 0.3) is 0 Å². The molecule has 0 spiro atoms. The van der Waals surface area contributed by atoms with E-state index in [0.29, 0.717) is 6.42 Å². The summed E-state index contributed by atoms with van der Waals surface area (Å²) in [5, 5.41) is 22.7. The van der Waals surface area contributed by atoms with E-state index in [0.717, 1.165) is 4.90 Å². The van der Waals surface area contributed by atoms with Crippen LogP contribution < -0.4 is 22.1 Å². The Labute approximate surface area is 189 Å². The Hall–Kier alpha value is -2.87. The number of hydrogen-bond donors (Lipinski definition) is 7. The average Bonchev–Trinajstić information content (AvgIpc) is 3.22. The van der Waals surface area contributed by atoms with Gasteiger partial charge in [0.1, 0.15) is 18.1 Å². The molecule has 0 bridgehead atoms. The molecule has 4 amide bonds. The summed E-state index contributed by atoms with van der Waals surface area (Å²) in [7, 11) is 0. The number of carbonyl (C=O) groups excluding carboxylic acids is 4. The van der Waals surface area contributed by atoms with Crippen LogP contribution in [0.4, 0.5) is 0 Å². The second-order valence-corrected chi connectivity index (χ2v) is 7.74. The third-order valence-corrected chi connectivity index (χ3v) is 5.30. The van der Waals surface area contributed by atoms with E-state index in [1.165, 1.54) is 0 Å². The molecule has 1 saturated heterocycles. The van der Waals surface area contributed by atoms with Gasteiger partial charge in [-0.2, -0.15) is 12.6 Å². The van der Waals surface area contributed by atoms with Crippen LogP contribution in [0.5, 0.6) is 0 Å². The maximum Gasteiger partial charge on any atom is 0.326 e. The largest absolute Gasteiger partial charge is 0.481 e. The molecule has 1 aliphatic heterocycles. The Morgan fingerprint density at radius 1 is 1.00 bits per heavy atom. The number of primary amides is 1. The minimum Gasteiger partial charge on any atom is -0.481 e. The van der Waals surface area contributed by atoms with E-state index in [-0.39, 0.29) is 44.4 Å². The second kappa shape index (κ2) is 12.9. The monoisotopic (exact) mass is 475 g/mol. The lowest BCUT2D eigenvalue weighted by atomic mass is 10.1. The summed E-state index contributed by atoms with van der Waals surface area (Å²) < 4.78 is 0. The van der Waals surface area contributed by atoms with Gasteiger partial charge >= 0.3 is 11.9 Å². The van der Waals surface area contributed by atoms with Gasteiger partial charge < -0.3 is 37.2 Å². The van der Waals surface area contributed by atoms with Crippen LogP contribution in [0, 0.1) is 0 Å². The summed E-state index contributed by atoms with van der Waals surface area (Å²) in [6.07, 6.45) is -0.137. The van der Waals surface area contributed by atoms with E-state index in [9.17, 15) is 33.9 Å².